The van der Waals surface area contributed by atoms with Crippen LogP contribution in [0.25, 0.3) is 0 Å². The molecule has 1 heterocycles. The van der Waals surface area contributed by atoms with Gasteiger partial charge in [0.05, 0.1) is 18.2 Å². The van der Waals surface area contributed by atoms with Crippen LogP contribution in [0, 0.1) is 11.3 Å². The van der Waals surface area contributed by atoms with Crippen LogP contribution >= 0.6 is 0 Å². The molecule has 1 rings (SSSR count). The second-order valence-electron chi connectivity index (χ2n) is 2.66. The highest BCUT2D eigenvalue weighted by atomic mass is 16.3. The van der Waals surface area contributed by atoms with Gasteiger partial charge < -0.3 is 5.11 Å². The fourth-order valence-corrected chi connectivity index (χ4v) is 1.17. The maximum atomic E-state index is 8.91. The molecule has 0 aromatic rings. The van der Waals surface area contributed by atoms with Gasteiger partial charge in [0.1, 0.15) is 0 Å². The van der Waals surface area contributed by atoms with Gasteiger partial charge in [0, 0.05) is 13.1 Å². The molecule has 1 aliphatic rings. The van der Waals surface area contributed by atoms with Crippen molar-refractivity contribution in [2.24, 2.45) is 0 Å². The van der Waals surface area contributed by atoms with Gasteiger partial charge in [-0.15, -0.1) is 0 Å². The maximum absolute atomic E-state index is 8.91. The van der Waals surface area contributed by atoms with E-state index in [-0.39, 0.29) is 12.1 Å². The van der Waals surface area contributed by atoms with Gasteiger partial charge in [-0.1, -0.05) is 6.92 Å². The van der Waals surface area contributed by atoms with Gasteiger partial charge in [-0.3, -0.25) is 4.90 Å². The van der Waals surface area contributed by atoms with Crippen molar-refractivity contribution in [3.8, 4) is 6.07 Å². The summed E-state index contributed by atoms with van der Waals surface area (Å²) >= 11 is 0. The summed E-state index contributed by atoms with van der Waals surface area (Å²) in [4.78, 5) is 1.99. The van der Waals surface area contributed by atoms with E-state index in [0.717, 1.165) is 6.42 Å². The molecule has 0 aromatic carbocycles. The van der Waals surface area contributed by atoms with Crippen LogP contribution in [-0.2, 0) is 0 Å². The van der Waals surface area contributed by atoms with E-state index in [9.17, 15) is 0 Å². The van der Waals surface area contributed by atoms with Crippen LogP contribution in [0.5, 0.6) is 0 Å². The Bertz CT molecular complexity index is 146. The van der Waals surface area contributed by atoms with Crippen molar-refractivity contribution in [1.82, 2.24) is 4.90 Å². The number of aliphatic hydroxyl groups excluding tert-OH is 1. The lowest BCUT2D eigenvalue weighted by Gasteiger charge is -2.38. The second kappa shape index (κ2) is 3.00. The summed E-state index contributed by atoms with van der Waals surface area (Å²) in [5.74, 6) is 0. The van der Waals surface area contributed by atoms with Gasteiger partial charge in [0.2, 0.25) is 0 Å². The van der Waals surface area contributed by atoms with E-state index >= 15 is 0 Å². The van der Waals surface area contributed by atoms with Crippen molar-refractivity contribution in [1.29, 1.82) is 5.26 Å². The first-order valence-corrected chi connectivity index (χ1v) is 3.59. The predicted molar refractivity (Wildman–Crippen MR) is 37.3 cm³/mol. The topological polar surface area (TPSA) is 47.3 Å². The van der Waals surface area contributed by atoms with Gasteiger partial charge in [0.25, 0.3) is 0 Å². The Morgan fingerprint density at radius 1 is 1.80 bits per heavy atom. The number of rotatable bonds is 2. The van der Waals surface area contributed by atoms with Crippen molar-refractivity contribution < 1.29 is 5.11 Å². The maximum Gasteiger partial charge on any atom is 0.0977 e. The van der Waals surface area contributed by atoms with E-state index in [4.69, 9.17) is 10.4 Å². The lowest BCUT2D eigenvalue weighted by molar-refractivity contribution is -0.0127. The van der Waals surface area contributed by atoms with Crippen LogP contribution in [0.15, 0.2) is 0 Å². The molecule has 10 heavy (non-hydrogen) atoms. The summed E-state index contributed by atoms with van der Waals surface area (Å²) in [5.41, 5.74) is 0. The number of β-amino-alcohol motifs (C(OH)–C–C–N with tert-alkyl or cyclic N) is 1. The van der Waals surface area contributed by atoms with E-state index in [2.05, 4.69) is 6.07 Å². The quantitative estimate of drug-likeness (QED) is 0.585. The van der Waals surface area contributed by atoms with Crippen LogP contribution in [0.4, 0.5) is 0 Å². The third kappa shape index (κ3) is 1.28. The fourth-order valence-electron chi connectivity index (χ4n) is 1.17. The molecule has 1 saturated heterocycles. The highest BCUT2D eigenvalue weighted by Crippen LogP contribution is 2.13. The van der Waals surface area contributed by atoms with E-state index in [1.807, 2.05) is 11.8 Å². The molecule has 0 bridgehead atoms. The lowest BCUT2D eigenvalue weighted by atomic mass is 10.1. The molecule has 1 unspecified atom stereocenters. The zero-order valence-corrected chi connectivity index (χ0v) is 6.12. The van der Waals surface area contributed by atoms with Gasteiger partial charge in [-0.25, -0.2) is 0 Å². The molecule has 0 spiro atoms. The van der Waals surface area contributed by atoms with Crippen molar-refractivity contribution >= 4 is 0 Å². The molecule has 1 N–H and O–H groups in total. The van der Waals surface area contributed by atoms with Crippen LogP contribution in [0.3, 0.4) is 0 Å². The van der Waals surface area contributed by atoms with E-state index in [0.29, 0.717) is 13.1 Å². The molecule has 1 atom stereocenters. The van der Waals surface area contributed by atoms with E-state index in [1.54, 1.807) is 0 Å². The zero-order chi connectivity index (χ0) is 7.56. The molecule has 0 amide bonds. The summed E-state index contributed by atoms with van der Waals surface area (Å²) in [6.45, 7) is 3.33. The van der Waals surface area contributed by atoms with Crippen molar-refractivity contribution in [3.63, 3.8) is 0 Å². The molecule has 1 fully saturated rings. The molecular weight excluding hydrogens is 128 g/mol. The molecule has 56 valence electrons. The molecule has 0 saturated carbocycles. The summed E-state index contributed by atoms with van der Waals surface area (Å²) in [5, 5.41) is 17.5. The SMILES string of the molecule is CCC(C#N)N1CC(O)C1. The highest BCUT2D eigenvalue weighted by Gasteiger charge is 2.29. The minimum absolute atomic E-state index is 0.0170. The minimum atomic E-state index is -0.192. The first-order chi connectivity index (χ1) is 4.77. The van der Waals surface area contributed by atoms with Crippen molar-refractivity contribution in [2.75, 3.05) is 13.1 Å². The normalized spacial score (nSPS) is 23.3. The van der Waals surface area contributed by atoms with E-state index in [1.165, 1.54) is 0 Å². The number of hydrogen-bond acceptors (Lipinski definition) is 3. The Morgan fingerprint density at radius 3 is 2.70 bits per heavy atom. The van der Waals surface area contributed by atoms with Crippen LogP contribution in [-0.4, -0.2) is 35.2 Å². The molecule has 3 heteroatoms. The molecule has 0 aromatic heterocycles. The van der Waals surface area contributed by atoms with Gasteiger partial charge in [0.15, 0.2) is 0 Å². The number of nitrogens with zero attached hydrogens (tertiary/aromatic N) is 2. The number of aliphatic hydroxyl groups is 1. The van der Waals surface area contributed by atoms with Gasteiger partial charge in [-0.2, -0.15) is 5.26 Å². The third-order valence-corrected chi connectivity index (χ3v) is 1.87. The Kier molecular flexibility index (Phi) is 2.25. The molecule has 3 nitrogen and oxygen atoms in total. The molecule has 0 radical (unpaired) electrons. The summed E-state index contributed by atoms with van der Waals surface area (Å²) in [6, 6.07) is 2.21. The van der Waals surface area contributed by atoms with Gasteiger partial charge in [-0.05, 0) is 6.42 Å². The molecule has 0 aliphatic carbocycles. The third-order valence-electron chi connectivity index (χ3n) is 1.87. The first kappa shape index (κ1) is 7.52. The monoisotopic (exact) mass is 140 g/mol. The number of likely N-dealkylation sites (tertiary alicyclic amines) is 1. The lowest BCUT2D eigenvalue weighted by Crippen LogP contribution is -2.54. The van der Waals surface area contributed by atoms with Gasteiger partial charge >= 0.3 is 0 Å². The Hall–Kier alpha value is -0.590. The van der Waals surface area contributed by atoms with Crippen LogP contribution in [0.2, 0.25) is 0 Å². The Morgan fingerprint density at radius 2 is 2.40 bits per heavy atom. The average Bonchev–Trinajstić information content (AvgIpc) is 1.87. The predicted octanol–water partition coefficient (Wildman–Crippen LogP) is -0.0349. The Labute approximate surface area is 60.9 Å². The van der Waals surface area contributed by atoms with Crippen LogP contribution < -0.4 is 0 Å². The standard InChI is InChI=1S/C7H12N2O/c1-2-6(3-8)9-4-7(10)5-9/h6-7,10H,2,4-5H2,1H3. The second-order valence-corrected chi connectivity index (χ2v) is 2.66. The highest BCUT2D eigenvalue weighted by molar-refractivity contribution is 4.96. The smallest absolute Gasteiger partial charge is 0.0977 e. The molecular formula is C7H12N2O. The largest absolute Gasteiger partial charge is 0.390 e. The average molecular weight is 140 g/mol. The van der Waals surface area contributed by atoms with Crippen molar-refractivity contribution in [2.45, 2.75) is 25.5 Å². The Balaban J connectivity index is 2.30. The van der Waals surface area contributed by atoms with Crippen molar-refractivity contribution in [3.05, 3.63) is 0 Å². The first-order valence-electron chi connectivity index (χ1n) is 3.59. The minimum Gasteiger partial charge on any atom is -0.390 e. The number of hydrogen-bond donors (Lipinski definition) is 1. The van der Waals surface area contributed by atoms with Crippen LogP contribution in [0.1, 0.15) is 13.3 Å². The van der Waals surface area contributed by atoms with E-state index < -0.39 is 0 Å². The number of nitriles is 1. The summed E-state index contributed by atoms with van der Waals surface area (Å²) in [7, 11) is 0. The fraction of sp³-hybridized carbons (Fsp3) is 0.857. The molecule has 1 aliphatic heterocycles. The zero-order valence-electron chi connectivity index (χ0n) is 6.12. The summed E-state index contributed by atoms with van der Waals surface area (Å²) in [6.07, 6.45) is 0.658. The summed E-state index contributed by atoms with van der Waals surface area (Å²) < 4.78 is 0.